The van der Waals surface area contributed by atoms with E-state index in [1.54, 1.807) is 0 Å². The molecule has 1 aliphatic carbocycles. The zero-order chi connectivity index (χ0) is 16.1. The fourth-order valence-electron chi connectivity index (χ4n) is 2.60. The van der Waals surface area contributed by atoms with Crippen LogP contribution < -0.4 is 10.1 Å². The zero-order valence-corrected chi connectivity index (χ0v) is 11.8. The molecular weight excluding hydrogens is 295 g/mol. The number of nitro benzene ring substituents is 1. The van der Waals surface area contributed by atoms with E-state index in [-0.39, 0.29) is 23.5 Å². The van der Waals surface area contributed by atoms with Crippen LogP contribution >= 0.6 is 0 Å². The van der Waals surface area contributed by atoms with Crippen molar-refractivity contribution in [3.05, 3.63) is 34.1 Å². The van der Waals surface area contributed by atoms with Crippen molar-refractivity contribution < 1.29 is 24.0 Å². The second-order valence-electron chi connectivity index (χ2n) is 5.32. The first-order valence-corrected chi connectivity index (χ1v) is 7.03. The molecule has 0 heterocycles. The van der Waals surface area contributed by atoms with Gasteiger partial charge < -0.3 is 15.2 Å². The molecule has 0 unspecified atom stereocenters. The fraction of sp³-hybridized carbons (Fsp3) is 0.500. The average Bonchev–Trinajstić information content (AvgIpc) is 2.46. The first-order chi connectivity index (χ1) is 10.5. The predicted molar refractivity (Wildman–Crippen MR) is 75.5 cm³/mol. The highest BCUT2D eigenvalue weighted by Gasteiger charge is 2.25. The Morgan fingerprint density at radius 3 is 2.68 bits per heavy atom. The van der Waals surface area contributed by atoms with Gasteiger partial charge in [-0.05, 0) is 37.7 Å². The van der Waals surface area contributed by atoms with E-state index in [4.69, 9.17) is 9.84 Å². The lowest BCUT2D eigenvalue weighted by Gasteiger charge is -2.28. The standard InChI is InChI=1S/C14H17FN2O5/c15-10-3-6-12(17(20)21)13(7-10)22-11-4-1-9(2-5-11)8-16-14(18)19/h3,6-7,9,11,16H,1-2,4-5,8H2,(H,18,19). The minimum absolute atomic E-state index is 0.0582. The van der Waals surface area contributed by atoms with Gasteiger partial charge >= 0.3 is 11.8 Å². The number of carbonyl (C=O) groups is 1. The molecular formula is C14H17FN2O5. The third kappa shape index (κ3) is 4.31. The zero-order valence-electron chi connectivity index (χ0n) is 11.8. The van der Waals surface area contributed by atoms with Gasteiger partial charge in [-0.2, -0.15) is 0 Å². The van der Waals surface area contributed by atoms with Crippen LogP contribution in [0.1, 0.15) is 25.7 Å². The number of nitrogens with one attached hydrogen (secondary N) is 1. The Hall–Kier alpha value is -2.38. The molecule has 2 N–H and O–H groups in total. The minimum atomic E-state index is -1.05. The number of nitrogens with zero attached hydrogens (tertiary/aromatic N) is 1. The summed E-state index contributed by atoms with van der Waals surface area (Å²) in [6, 6.07) is 3.14. The first-order valence-electron chi connectivity index (χ1n) is 7.03. The smallest absolute Gasteiger partial charge is 0.404 e. The molecule has 0 atom stereocenters. The second kappa shape index (κ2) is 7.06. The van der Waals surface area contributed by atoms with Crippen molar-refractivity contribution in [2.24, 2.45) is 5.92 Å². The number of carboxylic acid groups (broad SMARTS) is 1. The molecule has 7 nitrogen and oxygen atoms in total. The number of ether oxygens (including phenoxy) is 1. The van der Waals surface area contributed by atoms with Crippen LogP contribution in [0, 0.1) is 21.8 Å². The summed E-state index contributed by atoms with van der Waals surface area (Å²) in [4.78, 5) is 20.8. The topological polar surface area (TPSA) is 102 Å². The number of rotatable bonds is 5. The SMILES string of the molecule is O=C(O)NCC1CCC(Oc2cc(F)ccc2[N+](=O)[O-])CC1. The third-order valence-corrected chi connectivity index (χ3v) is 3.75. The maximum atomic E-state index is 13.2. The summed E-state index contributed by atoms with van der Waals surface area (Å²) in [5.41, 5.74) is -0.254. The molecule has 0 aliphatic heterocycles. The molecule has 0 radical (unpaired) electrons. The van der Waals surface area contributed by atoms with Crippen LogP contribution in [0.25, 0.3) is 0 Å². The lowest BCUT2D eigenvalue weighted by molar-refractivity contribution is -0.386. The molecule has 2 rings (SSSR count). The van der Waals surface area contributed by atoms with Gasteiger partial charge in [-0.3, -0.25) is 10.1 Å². The van der Waals surface area contributed by atoms with Crippen LogP contribution in [0.4, 0.5) is 14.9 Å². The van der Waals surface area contributed by atoms with Crippen molar-refractivity contribution in [3.8, 4) is 5.75 Å². The summed E-state index contributed by atoms with van der Waals surface area (Å²) < 4.78 is 18.8. The Balaban J connectivity index is 1.92. The Bertz CT molecular complexity index is 558. The van der Waals surface area contributed by atoms with Gasteiger partial charge in [-0.1, -0.05) is 0 Å². The normalized spacial score (nSPS) is 21.1. The summed E-state index contributed by atoms with van der Waals surface area (Å²) in [7, 11) is 0. The van der Waals surface area contributed by atoms with Crippen molar-refractivity contribution in [1.29, 1.82) is 0 Å². The number of benzene rings is 1. The Labute approximate surface area is 126 Å². The number of halogens is 1. The maximum Gasteiger partial charge on any atom is 0.404 e. The first kappa shape index (κ1) is 16.0. The van der Waals surface area contributed by atoms with Gasteiger partial charge in [0, 0.05) is 18.7 Å². The lowest BCUT2D eigenvalue weighted by atomic mass is 9.87. The Morgan fingerprint density at radius 2 is 2.09 bits per heavy atom. The van der Waals surface area contributed by atoms with Gasteiger partial charge in [0.1, 0.15) is 5.82 Å². The fourth-order valence-corrected chi connectivity index (χ4v) is 2.60. The van der Waals surface area contributed by atoms with Gasteiger partial charge in [0.2, 0.25) is 0 Å². The van der Waals surface area contributed by atoms with Gasteiger partial charge in [0.05, 0.1) is 11.0 Å². The summed E-state index contributed by atoms with van der Waals surface area (Å²) in [6.45, 7) is 0.391. The Morgan fingerprint density at radius 1 is 1.41 bits per heavy atom. The van der Waals surface area contributed by atoms with E-state index in [0.29, 0.717) is 19.4 Å². The van der Waals surface area contributed by atoms with Crippen molar-refractivity contribution in [2.75, 3.05) is 6.54 Å². The van der Waals surface area contributed by atoms with Crippen LogP contribution in [0.3, 0.4) is 0 Å². The van der Waals surface area contributed by atoms with E-state index in [9.17, 15) is 19.3 Å². The molecule has 120 valence electrons. The molecule has 0 saturated heterocycles. The highest BCUT2D eigenvalue weighted by molar-refractivity contribution is 5.64. The van der Waals surface area contributed by atoms with Crippen molar-refractivity contribution in [1.82, 2.24) is 5.32 Å². The van der Waals surface area contributed by atoms with Crippen LogP contribution in [-0.2, 0) is 0 Å². The van der Waals surface area contributed by atoms with E-state index in [1.165, 1.54) is 0 Å². The lowest BCUT2D eigenvalue weighted by Crippen LogP contribution is -2.32. The minimum Gasteiger partial charge on any atom is -0.483 e. The van der Waals surface area contributed by atoms with Crippen molar-refractivity contribution in [3.63, 3.8) is 0 Å². The highest BCUT2D eigenvalue weighted by Crippen LogP contribution is 2.32. The van der Waals surface area contributed by atoms with E-state index < -0.39 is 16.8 Å². The van der Waals surface area contributed by atoms with Crippen LogP contribution in [0.15, 0.2) is 18.2 Å². The molecule has 1 fully saturated rings. The van der Waals surface area contributed by atoms with E-state index in [0.717, 1.165) is 31.0 Å². The molecule has 8 heteroatoms. The molecule has 0 bridgehead atoms. The van der Waals surface area contributed by atoms with E-state index in [1.807, 2.05) is 0 Å². The van der Waals surface area contributed by atoms with Crippen molar-refractivity contribution in [2.45, 2.75) is 31.8 Å². The number of amides is 1. The molecule has 1 aliphatic rings. The summed E-state index contributed by atoms with van der Waals surface area (Å²) in [5.74, 6) is -0.407. The highest BCUT2D eigenvalue weighted by atomic mass is 19.1. The van der Waals surface area contributed by atoms with Crippen molar-refractivity contribution >= 4 is 11.8 Å². The largest absolute Gasteiger partial charge is 0.483 e. The van der Waals surface area contributed by atoms with Gasteiger partial charge in [-0.25, -0.2) is 9.18 Å². The van der Waals surface area contributed by atoms with Crippen LogP contribution in [0.5, 0.6) is 5.75 Å². The van der Waals surface area contributed by atoms with Gasteiger partial charge in [0.25, 0.3) is 0 Å². The number of nitro groups is 1. The third-order valence-electron chi connectivity index (χ3n) is 3.75. The van der Waals surface area contributed by atoms with Gasteiger partial charge in [0.15, 0.2) is 5.75 Å². The molecule has 0 aromatic heterocycles. The molecule has 1 aromatic rings. The second-order valence-corrected chi connectivity index (χ2v) is 5.32. The van der Waals surface area contributed by atoms with Crippen LogP contribution in [0.2, 0.25) is 0 Å². The molecule has 1 amide bonds. The van der Waals surface area contributed by atoms with E-state index >= 15 is 0 Å². The molecule has 1 aromatic carbocycles. The monoisotopic (exact) mass is 312 g/mol. The summed E-state index contributed by atoms with van der Waals surface area (Å²) >= 11 is 0. The average molecular weight is 312 g/mol. The molecule has 22 heavy (non-hydrogen) atoms. The van der Waals surface area contributed by atoms with Crippen LogP contribution in [-0.4, -0.2) is 28.8 Å². The molecule has 0 spiro atoms. The summed E-state index contributed by atoms with van der Waals surface area (Å²) in [5, 5.41) is 21.8. The van der Waals surface area contributed by atoms with Gasteiger partial charge in [-0.15, -0.1) is 0 Å². The number of hydrogen-bond acceptors (Lipinski definition) is 4. The quantitative estimate of drug-likeness (QED) is 0.643. The number of hydrogen-bond donors (Lipinski definition) is 2. The maximum absolute atomic E-state index is 13.2. The predicted octanol–water partition coefficient (Wildman–Crippen LogP) is 2.94. The van der Waals surface area contributed by atoms with E-state index in [2.05, 4.69) is 5.32 Å². The molecule has 1 saturated carbocycles. The summed E-state index contributed by atoms with van der Waals surface area (Å²) in [6.07, 6.45) is 1.55. The Kier molecular flexibility index (Phi) is 5.13.